The molecule has 2 amide bonds. The van der Waals surface area contributed by atoms with E-state index >= 15 is 0 Å². The zero-order valence-electron chi connectivity index (χ0n) is 16.3. The second kappa shape index (κ2) is 8.78. The third kappa shape index (κ3) is 4.75. The van der Waals surface area contributed by atoms with Crippen LogP contribution in [0.4, 0.5) is 0 Å². The largest absolute Gasteiger partial charge is 0.353 e. The highest BCUT2D eigenvalue weighted by molar-refractivity contribution is 6.29. The van der Waals surface area contributed by atoms with Crippen LogP contribution in [0.2, 0.25) is 0 Å². The number of piperidine rings is 1. The van der Waals surface area contributed by atoms with E-state index < -0.39 is 0 Å². The molecule has 3 aliphatic rings. The molecule has 5 nitrogen and oxygen atoms in total. The summed E-state index contributed by atoms with van der Waals surface area (Å²) in [4.78, 5) is 25.9. The Kier molecular flexibility index (Phi) is 6.64. The molecule has 1 saturated carbocycles. The molecule has 2 aliphatic carbocycles. The van der Waals surface area contributed by atoms with Gasteiger partial charge in [0.15, 0.2) is 0 Å². The predicted molar refractivity (Wildman–Crippen MR) is 108 cm³/mol. The van der Waals surface area contributed by atoms with Gasteiger partial charge in [-0.1, -0.05) is 23.8 Å². The molecule has 3 rings (SSSR count). The molecule has 0 spiro atoms. The minimum Gasteiger partial charge on any atom is -0.353 e. The maximum absolute atomic E-state index is 12.6. The Labute approximate surface area is 167 Å². The van der Waals surface area contributed by atoms with Crippen molar-refractivity contribution >= 4 is 23.4 Å². The molecule has 1 heterocycles. The molecule has 3 N–H and O–H groups in total. The summed E-state index contributed by atoms with van der Waals surface area (Å²) in [5.41, 5.74) is 6.30. The van der Waals surface area contributed by atoms with Gasteiger partial charge < -0.3 is 16.0 Å². The van der Waals surface area contributed by atoms with Gasteiger partial charge in [0.05, 0.1) is 0 Å². The van der Waals surface area contributed by atoms with Crippen molar-refractivity contribution in [2.75, 3.05) is 19.6 Å². The van der Waals surface area contributed by atoms with Gasteiger partial charge in [0.1, 0.15) is 0 Å². The predicted octanol–water partition coefficient (Wildman–Crippen LogP) is 2.95. The Balaban J connectivity index is 1.49. The Morgan fingerprint density at radius 3 is 2.48 bits per heavy atom. The van der Waals surface area contributed by atoms with Crippen molar-refractivity contribution in [3.63, 3.8) is 0 Å². The van der Waals surface area contributed by atoms with Crippen molar-refractivity contribution in [2.45, 2.75) is 57.9 Å². The van der Waals surface area contributed by atoms with Crippen LogP contribution in [0.15, 0.2) is 23.3 Å². The highest BCUT2D eigenvalue weighted by Gasteiger charge is 2.41. The summed E-state index contributed by atoms with van der Waals surface area (Å²) in [6, 6.07) is 0.238. The lowest BCUT2D eigenvalue weighted by Crippen LogP contribution is -2.49. The summed E-state index contributed by atoms with van der Waals surface area (Å²) in [6.07, 6.45) is 12.7. The van der Waals surface area contributed by atoms with Crippen molar-refractivity contribution in [3.05, 3.63) is 23.3 Å². The van der Waals surface area contributed by atoms with Crippen molar-refractivity contribution < 1.29 is 9.59 Å². The van der Waals surface area contributed by atoms with E-state index in [0.717, 1.165) is 50.0 Å². The lowest BCUT2D eigenvalue weighted by molar-refractivity contribution is -0.134. The van der Waals surface area contributed by atoms with Gasteiger partial charge in [-0.2, -0.15) is 0 Å². The van der Waals surface area contributed by atoms with Crippen molar-refractivity contribution in [3.8, 4) is 0 Å². The van der Waals surface area contributed by atoms with Crippen LogP contribution in [-0.2, 0) is 9.59 Å². The average molecular weight is 394 g/mol. The maximum Gasteiger partial charge on any atom is 0.223 e. The van der Waals surface area contributed by atoms with Crippen LogP contribution < -0.4 is 11.1 Å². The highest BCUT2D eigenvalue weighted by Crippen LogP contribution is 2.46. The molecule has 1 aliphatic heterocycles. The summed E-state index contributed by atoms with van der Waals surface area (Å²) in [5, 5.41) is 4.17. The topological polar surface area (TPSA) is 75.4 Å². The molecule has 0 aromatic carbocycles. The zero-order chi connectivity index (χ0) is 19.4. The van der Waals surface area contributed by atoms with Crippen LogP contribution in [0.5, 0.6) is 0 Å². The molecular formula is C21H32ClN3O2. The Hall–Kier alpha value is -1.33. The number of rotatable bonds is 4. The number of carbonyl (C=O) groups is 2. The van der Waals surface area contributed by atoms with E-state index in [9.17, 15) is 9.59 Å². The highest BCUT2D eigenvalue weighted by atomic mass is 35.5. The van der Waals surface area contributed by atoms with E-state index in [-0.39, 0.29) is 29.2 Å². The number of likely N-dealkylation sites (tertiary alicyclic amines) is 1. The summed E-state index contributed by atoms with van der Waals surface area (Å²) >= 11 is 6.25. The van der Waals surface area contributed by atoms with E-state index in [2.05, 4.69) is 17.5 Å². The van der Waals surface area contributed by atoms with Gasteiger partial charge in [0.2, 0.25) is 11.8 Å². The summed E-state index contributed by atoms with van der Waals surface area (Å²) in [6.45, 7) is 3.64. The van der Waals surface area contributed by atoms with Crippen LogP contribution in [0.25, 0.3) is 0 Å². The van der Waals surface area contributed by atoms with Gasteiger partial charge in [-0.05, 0) is 68.9 Å². The molecule has 6 heteroatoms. The van der Waals surface area contributed by atoms with Gasteiger partial charge >= 0.3 is 0 Å². The molecular weight excluding hydrogens is 362 g/mol. The monoisotopic (exact) mass is 393 g/mol. The van der Waals surface area contributed by atoms with E-state index in [1.807, 2.05) is 11.0 Å². The maximum atomic E-state index is 12.6. The first kappa shape index (κ1) is 20.4. The van der Waals surface area contributed by atoms with Gasteiger partial charge in [0, 0.05) is 37.0 Å². The minimum atomic E-state index is 0.0343. The number of amides is 2. The van der Waals surface area contributed by atoms with E-state index in [1.54, 1.807) is 6.92 Å². The lowest BCUT2D eigenvalue weighted by Gasteiger charge is -2.45. The standard InChI is InChI=1S/C21H32ClN3O2/c1-15(26)25-11-7-16(8-12-25)20(27)24-19-5-9-21(14-23,10-6-19)17-3-2-4-18(22)13-17/h2-4,16-17,19H,5-14,23H2,1H3,(H,24,27). The number of halogens is 1. The third-order valence-electron chi connectivity index (χ3n) is 6.87. The molecule has 0 aromatic rings. The Bertz CT molecular complexity index is 615. The molecule has 2 fully saturated rings. The van der Waals surface area contributed by atoms with Gasteiger partial charge in [-0.3, -0.25) is 9.59 Å². The first-order valence-corrected chi connectivity index (χ1v) is 10.6. The van der Waals surface area contributed by atoms with Gasteiger partial charge in [-0.25, -0.2) is 0 Å². The van der Waals surface area contributed by atoms with Gasteiger partial charge in [-0.15, -0.1) is 0 Å². The van der Waals surface area contributed by atoms with Crippen LogP contribution in [0.3, 0.4) is 0 Å². The smallest absolute Gasteiger partial charge is 0.223 e. The molecule has 1 saturated heterocycles. The van der Waals surface area contributed by atoms with E-state index in [0.29, 0.717) is 25.6 Å². The van der Waals surface area contributed by atoms with Crippen molar-refractivity contribution in [1.82, 2.24) is 10.2 Å². The first-order valence-electron chi connectivity index (χ1n) is 10.2. The quantitative estimate of drug-likeness (QED) is 0.771. The second-order valence-electron chi connectivity index (χ2n) is 8.44. The molecule has 0 aromatic heterocycles. The molecule has 0 bridgehead atoms. The molecule has 27 heavy (non-hydrogen) atoms. The fraction of sp³-hybridized carbons (Fsp3) is 0.714. The summed E-state index contributed by atoms with van der Waals surface area (Å²) < 4.78 is 0. The SMILES string of the molecule is CC(=O)N1CCC(C(=O)NC2CCC(CN)(C3C=CC=C(Cl)C3)CC2)CC1. The minimum absolute atomic E-state index is 0.0343. The van der Waals surface area contributed by atoms with Crippen LogP contribution >= 0.6 is 11.6 Å². The molecule has 0 radical (unpaired) electrons. The third-order valence-corrected chi connectivity index (χ3v) is 7.15. The Morgan fingerprint density at radius 2 is 1.93 bits per heavy atom. The number of allylic oxidation sites excluding steroid dienone is 4. The zero-order valence-corrected chi connectivity index (χ0v) is 17.0. The molecule has 1 atom stereocenters. The van der Waals surface area contributed by atoms with Crippen LogP contribution in [0, 0.1) is 17.3 Å². The fourth-order valence-electron chi connectivity index (χ4n) is 4.90. The normalized spacial score (nSPS) is 32.1. The summed E-state index contributed by atoms with van der Waals surface area (Å²) in [7, 11) is 0. The number of hydrogen-bond acceptors (Lipinski definition) is 3. The fourth-order valence-corrected chi connectivity index (χ4v) is 5.14. The Morgan fingerprint density at radius 1 is 1.26 bits per heavy atom. The van der Waals surface area contributed by atoms with E-state index in [1.165, 1.54) is 0 Å². The van der Waals surface area contributed by atoms with Crippen LogP contribution in [0.1, 0.15) is 51.9 Å². The molecule has 1 unspecified atom stereocenters. The van der Waals surface area contributed by atoms with E-state index in [4.69, 9.17) is 17.3 Å². The second-order valence-corrected chi connectivity index (χ2v) is 8.92. The number of nitrogens with one attached hydrogen (secondary N) is 1. The first-order chi connectivity index (χ1) is 12.9. The number of hydrogen-bond donors (Lipinski definition) is 2. The van der Waals surface area contributed by atoms with Crippen molar-refractivity contribution in [1.29, 1.82) is 0 Å². The number of carbonyl (C=O) groups excluding carboxylic acids is 2. The van der Waals surface area contributed by atoms with Crippen LogP contribution in [-0.4, -0.2) is 42.4 Å². The number of nitrogens with two attached hydrogens (primary N) is 1. The van der Waals surface area contributed by atoms with Crippen molar-refractivity contribution in [2.24, 2.45) is 23.0 Å². The lowest BCUT2D eigenvalue weighted by atomic mass is 9.63. The average Bonchev–Trinajstić information content (AvgIpc) is 2.69. The van der Waals surface area contributed by atoms with Gasteiger partial charge in [0.25, 0.3) is 0 Å². The summed E-state index contributed by atoms with van der Waals surface area (Å²) in [5.74, 6) is 0.692. The number of nitrogens with zero attached hydrogens (tertiary/aromatic N) is 1. The molecule has 150 valence electrons.